The predicted octanol–water partition coefficient (Wildman–Crippen LogP) is 3.13. The molecule has 0 spiro atoms. The summed E-state index contributed by atoms with van der Waals surface area (Å²) in [6.45, 7) is 1.77. The minimum atomic E-state index is 0. The molecular weight excluding hydrogens is 296 g/mol. The first-order valence-corrected chi connectivity index (χ1v) is 9.35. The molecule has 4 saturated carbocycles. The highest BCUT2D eigenvalue weighted by Gasteiger charge is 2.67. The summed E-state index contributed by atoms with van der Waals surface area (Å²) in [4.78, 5) is 12.3. The van der Waals surface area contributed by atoms with Gasteiger partial charge in [0.05, 0.1) is 0 Å². The molecule has 2 bridgehead atoms. The first-order valence-electron chi connectivity index (χ1n) is 9.35. The minimum Gasteiger partial charge on any atom is -0.355 e. The Kier molecular flexibility index (Phi) is 5.34. The van der Waals surface area contributed by atoms with Gasteiger partial charge in [-0.05, 0) is 55.8 Å². The van der Waals surface area contributed by atoms with Gasteiger partial charge in [0.1, 0.15) is 0 Å². The Balaban J connectivity index is 0.00000144. The van der Waals surface area contributed by atoms with Gasteiger partial charge in [-0.3, -0.25) is 4.79 Å². The average Bonchev–Trinajstić information content (AvgIpc) is 3.07. The number of carbonyl (C=O) groups excluding carboxylic acids is 1. The third-order valence-electron chi connectivity index (χ3n) is 6.75. The lowest BCUT2D eigenvalue weighted by molar-refractivity contribution is -0.123. The summed E-state index contributed by atoms with van der Waals surface area (Å²) in [6, 6.07) is 0.695. The van der Waals surface area contributed by atoms with Crippen LogP contribution in [0.25, 0.3) is 0 Å². The molecule has 0 heterocycles. The summed E-state index contributed by atoms with van der Waals surface area (Å²) >= 11 is 0. The quantitative estimate of drug-likeness (QED) is 0.602. The highest BCUT2D eigenvalue weighted by molar-refractivity contribution is 5.85. The molecule has 0 aromatic carbocycles. The molecule has 4 unspecified atom stereocenters. The molecule has 0 aromatic heterocycles. The molecule has 4 rings (SSSR count). The van der Waals surface area contributed by atoms with E-state index in [4.69, 9.17) is 0 Å². The Bertz CT molecular complexity index is 379. The summed E-state index contributed by atoms with van der Waals surface area (Å²) in [5.41, 5.74) is 0. The van der Waals surface area contributed by atoms with E-state index in [0.717, 1.165) is 36.8 Å². The molecule has 0 radical (unpaired) electrons. The number of rotatable bonds is 5. The van der Waals surface area contributed by atoms with Crippen LogP contribution in [0.5, 0.6) is 0 Å². The van der Waals surface area contributed by atoms with Crippen molar-refractivity contribution in [3.8, 4) is 0 Å². The van der Waals surface area contributed by atoms with Crippen LogP contribution in [-0.2, 0) is 4.79 Å². The zero-order valence-corrected chi connectivity index (χ0v) is 14.4. The monoisotopic (exact) mass is 326 g/mol. The lowest BCUT2D eigenvalue weighted by atomic mass is 10.0. The summed E-state index contributed by atoms with van der Waals surface area (Å²) in [5.74, 6) is 4.12. The summed E-state index contributed by atoms with van der Waals surface area (Å²) in [6.07, 6.45) is 12.4. The molecule has 4 fully saturated rings. The third kappa shape index (κ3) is 3.17. The van der Waals surface area contributed by atoms with E-state index >= 15 is 0 Å². The van der Waals surface area contributed by atoms with Gasteiger partial charge in [-0.25, -0.2) is 0 Å². The topological polar surface area (TPSA) is 41.1 Å². The van der Waals surface area contributed by atoms with Crippen molar-refractivity contribution in [1.82, 2.24) is 10.6 Å². The molecule has 4 heteroatoms. The van der Waals surface area contributed by atoms with Crippen LogP contribution in [0.4, 0.5) is 0 Å². The molecule has 22 heavy (non-hydrogen) atoms. The van der Waals surface area contributed by atoms with E-state index in [-0.39, 0.29) is 12.4 Å². The Morgan fingerprint density at radius 2 is 1.50 bits per heavy atom. The van der Waals surface area contributed by atoms with Crippen LogP contribution in [0.3, 0.4) is 0 Å². The molecule has 126 valence electrons. The van der Waals surface area contributed by atoms with Gasteiger partial charge in [-0.1, -0.05) is 25.7 Å². The van der Waals surface area contributed by atoms with Gasteiger partial charge in [0.25, 0.3) is 0 Å². The van der Waals surface area contributed by atoms with E-state index in [1.54, 1.807) is 0 Å². The van der Waals surface area contributed by atoms with Crippen molar-refractivity contribution in [2.24, 2.45) is 29.6 Å². The van der Waals surface area contributed by atoms with Crippen LogP contribution >= 0.6 is 12.4 Å². The van der Waals surface area contributed by atoms with Gasteiger partial charge in [-0.15, -0.1) is 12.4 Å². The fraction of sp³-hybridized carbons (Fsp3) is 0.944. The number of fused-ring (bicyclic) bond motifs is 5. The van der Waals surface area contributed by atoms with Gasteiger partial charge in [0.15, 0.2) is 0 Å². The molecule has 0 saturated heterocycles. The van der Waals surface area contributed by atoms with Crippen molar-refractivity contribution in [2.45, 2.75) is 63.8 Å². The van der Waals surface area contributed by atoms with Crippen LogP contribution in [0.15, 0.2) is 0 Å². The molecule has 0 aromatic rings. The van der Waals surface area contributed by atoms with E-state index in [1.165, 1.54) is 57.8 Å². The second-order valence-corrected chi connectivity index (χ2v) is 7.95. The second kappa shape index (κ2) is 7.09. The fourth-order valence-electron chi connectivity index (χ4n) is 5.74. The molecule has 0 aliphatic heterocycles. The van der Waals surface area contributed by atoms with Crippen molar-refractivity contribution < 1.29 is 4.79 Å². The van der Waals surface area contributed by atoms with E-state index in [2.05, 4.69) is 10.6 Å². The highest BCUT2D eigenvalue weighted by atomic mass is 35.5. The molecule has 1 amide bonds. The summed E-state index contributed by atoms with van der Waals surface area (Å²) < 4.78 is 0. The molecule has 3 nitrogen and oxygen atoms in total. The van der Waals surface area contributed by atoms with Crippen LogP contribution in [0, 0.1) is 29.6 Å². The number of nitrogens with one attached hydrogen (secondary N) is 2. The maximum atomic E-state index is 12.3. The Labute approximate surface area is 140 Å². The van der Waals surface area contributed by atoms with Gasteiger partial charge in [-0.2, -0.15) is 0 Å². The van der Waals surface area contributed by atoms with E-state index < -0.39 is 0 Å². The Morgan fingerprint density at radius 1 is 0.864 bits per heavy atom. The van der Waals surface area contributed by atoms with E-state index in [1.807, 2.05) is 0 Å². The van der Waals surface area contributed by atoms with E-state index in [9.17, 15) is 4.79 Å². The number of carbonyl (C=O) groups is 1. The number of halogens is 1. The van der Waals surface area contributed by atoms with Gasteiger partial charge >= 0.3 is 0 Å². The zero-order chi connectivity index (χ0) is 14.2. The highest BCUT2D eigenvalue weighted by Crippen LogP contribution is 2.69. The summed E-state index contributed by atoms with van der Waals surface area (Å²) in [5, 5.41) is 6.84. The second-order valence-electron chi connectivity index (χ2n) is 7.95. The number of amides is 1. The first kappa shape index (κ1) is 16.6. The number of hydrogen-bond donors (Lipinski definition) is 2. The van der Waals surface area contributed by atoms with Crippen LogP contribution in [-0.4, -0.2) is 25.0 Å². The largest absolute Gasteiger partial charge is 0.355 e. The smallest absolute Gasteiger partial charge is 0.223 e. The minimum absolute atomic E-state index is 0. The van der Waals surface area contributed by atoms with Crippen molar-refractivity contribution in [3.63, 3.8) is 0 Å². The molecular formula is C18H31ClN2O. The number of hydrogen-bond acceptors (Lipinski definition) is 2. The van der Waals surface area contributed by atoms with Crippen LogP contribution < -0.4 is 10.6 Å². The SMILES string of the molecule is Cl.O=C(NCCNC1CCCCCC1)C1C2C3CCC(C3)C12. The maximum absolute atomic E-state index is 12.3. The zero-order valence-electron chi connectivity index (χ0n) is 13.6. The standard InChI is InChI=1S/C18H30N2O.ClH/c21-18(17-15-12-7-8-13(11-12)16(15)17)20-10-9-19-14-5-3-1-2-4-6-14;/h12-17,19H,1-11H2,(H,20,21);1H. The Hall–Kier alpha value is -0.280. The third-order valence-corrected chi connectivity index (χ3v) is 6.75. The van der Waals surface area contributed by atoms with Crippen molar-refractivity contribution in [1.29, 1.82) is 0 Å². The van der Waals surface area contributed by atoms with Gasteiger partial charge < -0.3 is 10.6 Å². The predicted molar refractivity (Wildman–Crippen MR) is 91.1 cm³/mol. The normalized spacial score (nSPS) is 39.7. The molecule has 4 aliphatic carbocycles. The van der Waals surface area contributed by atoms with Crippen molar-refractivity contribution in [3.05, 3.63) is 0 Å². The van der Waals surface area contributed by atoms with E-state index in [0.29, 0.717) is 17.9 Å². The lowest BCUT2D eigenvalue weighted by Gasteiger charge is -2.16. The Morgan fingerprint density at radius 3 is 2.14 bits per heavy atom. The van der Waals surface area contributed by atoms with Gasteiger partial charge in [0, 0.05) is 25.0 Å². The van der Waals surface area contributed by atoms with Crippen LogP contribution in [0.2, 0.25) is 0 Å². The molecule has 2 N–H and O–H groups in total. The van der Waals surface area contributed by atoms with Crippen molar-refractivity contribution >= 4 is 18.3 Å². The first-order chi connectivity index (χ1) is 10.3. The van der Waals surface area contributed by atoms with Gasteiger partial charge in [0.2, 0.25) is 5.91 Å². The fourth-order valence-corrected chi connectivity index (χ4v) is 5.74. The molecule has 4 aliphatic rings. The summed E-state index contributed by atoms with van der Waals surface area (Å²) in [7, 11) is 0. The van der Waals surface area contributed by atoms with Crippen LogP contribution in [0.1, 0.15) is 57.8 Å². The molecule has 4 atom stereocenters. The lowest BCUT2D eigenvalue weighted by Crippen LogP contribution is -2.38. The maximum Gasteiger partial charge on any atom is 0.223 e. The van der Waals surface area contributed by atoms with Crippen molar-refractivity contribution in [2.75, 3.05) is 13.1 Å². The average molecular weight is 327 g/mol.